The fraction of sp³-hybridized carbons (Fsp3) is 0.462. The number of amides is 2. The summed E-state index contributed by atoms with van der Waals surface area (Å²) in [6.07, 6.45) is 0.679. The van der Waals surface area contributed by atoms with Crippen molar-refractivity contribution < 1.29 is 9.90 Å². The van der Waals surface area contributed by atoms with E-state index in [1.807, 2.05) is 19.1 Å². The molecule has 1 rings (SSSR count). The van der Waals surface area contributed by atoms with Gasteiger partial charge in [0.2, 0.25) is 0 Å². The van der Waals surface area contributed by atoms with Crippen molar-refractivity contribution >= 4 is 33.6 Å². The molecule has 1 atom stereocenters. The van der Waals surface area contributed by atoms with E-state index in [2.05, 4.69) is 26.6 Å². The maximum atomic E-state index is 11.6. The number of carbonyl (C=O) groups excluding carboxylic acids is 1. The Kier molecular flexibility index (Phi) is 7.20. The van der Waals surface area contributed by atoms with Crippen LogP contribution in [0.2, 0.25) is 5.02 Å². The third kappa shape index (κ3) is 6.27. The van der Waals surface area contributed by atoms with Crippen molar-refractivity contribution in [2.75, 3.05) is 13.2 Å². The summed E-state index contributed by atoms with van der Waals surface area (Å²) in [4.78, 5) is 11.6. The Morgan fingerprint density at radius 1 is 1.47 bits per heavy atom. The number of benzene rings is 1. The van der Waals surface area contributed by atoms with Gasteiger partial charge < -0.3 is 15.7 Å². The molecule has 1 aromatic rings. The summed E-state index contributed by atoms with van der Waals surface area (Å²) >= 11 is 9.38. The second kappa shape index (κ2) is 8.40. The molecule has 0 radical (unpaired) electrons. The zero-order chi connectivity index (χ0) is 14.3. The Bertz CT molecular complexity index is 429. The summed E-state index contributed by atoms with van der Waals surface area (Å²) in [5.41, 5.74) is 0.864. The van der Waals surface area contributed by atoms with Crippen molar-refractivity contribution in [2.45, 2.75) is 19.9 Å². The molecule has 6 heteroatoms. The van der Waals surface area contributed by atoms with Crippen LogP contribution in [0.5, 0.6) is 0 Å². The van der Waals surface area contributed by atoms with Gasteiger partial charge in [0.15, 0.2) is 0 Å². The van der Waals surface area contributed by atoms with Gasteiger partial charge in [0.05, 0.1) is 0 Å². The van der Waals surface area contributed by atoms with E-state index >= 15 is 0 Å². The summed E-state index contributed by atoms with van der Waals surface area (Å²) in [6.45, 7) is 3.04. The molecule has 0 spiro atoms. The number of carbonyl (C=O) groups is 1. The quantitative estimate of drug-likeness (QED) is 0.739. The lowest BCUT2D eigenvalue weighted by Crippen LogP contribution is -2.37. The Balaban J connectivity index is 2.33. The number of aliphatic hydroxyl groups excluding tert-OH is 1. The van der Waals surface area contributed by atoms with E-state index < -0.39 is 0 Å². The largest absolute Gasteiger partial charge is 0.396 e. The minimum absolute atomic E-state index is 0.138. The molecule has 19 heavy (non-hydrogen) atoms. The maximum absolute atomic E-state index is 11.6. The average Bonchev–Trinajstić information content (AvgIpc) is 2.35. The molecule has 0 aromatic heterocycles. The lowest BCUT2D eigenvalue weighted by atomic mass is 10.1. The monoisotopic (exact) mass is 348 g/mol. The first kappa shape index (κ1) is 16.3. The second-order valence-electron chi connectivity index (χ2n) is 4.42. The summed E-state index contributed by atoms with van der Waals surface area (Å²) in [5.74, 6) is 0.256. The van der Waals surface area contributed by atoms with E-state index in [9.17, 15) is 4.79 Å². The topological polar surface area (TPSA) is 61.4 Å². The minimum Gasteiger partial charge on any atom is -0.396 e. The molecular weight excluding hydrogens is 332 g/mol. The Morgan fingerprint density at radius 2 is 2.21 bits per heavy atom. The molecule has 0 aliphatic heterocycles. The normalized spacial score (nSPS) is 12.0. The highest BCUT2D eigenvalue weighted by Gasteiger charge is 2.06. The van der Waals surface area contributed by atoms with Crippen LogP contribution in [0, 0.1) is 5.92 Å². The molecule has 0 saturated carbocycles. The highest BCUT2D eigenvalue weighted by molar-refractivity contribution is 9.10. The van der Waals surface area contributed by atoms with E-state index in [0.717, 1.165) is 10.0 Å². The number of halogens is 2. The molecule has 3 N–H and O–H groups in total. The zero-order valence-electron chi connectivity index (χ0n) is 10.7. The van der Waals surface area contributed by atoms with Crippen molar-refractivity contribution in [2.24, 2.45) is 5.92 Å². The van der Waals surface area contributed by atoms with Crippen LogP contribution in [0.1, 0.15) is 18.9 Å². The van der Waals surface area contributed by atoms with Crippen LogP contribution >= 0.6 is 27.5 Å². The van der Waals surface area contributed by atoms with E-state index in [-0.39, 0.29) is 18.6 Å². The first-order chi connectivity index (χ1) is 9.02. The molecular formula is C13H18BrClN2O2. The van der Waals surface area contributed by atoms with Gasteiger partial charge in [-0.15, -0.1) is 0 Å². The fourth-order valence-corrected chi connectivity index (χ4v) is 2.23. The third-order valence-electron chi connectivity index (χ3n) is 2.69. The average molecular weight is 350 g/mol. The van der Waals surface area contributed by atoms with Crippen molar-refractivity contribution in [3.63, 3.8) is 0 Å². The van der Waals surface area contributed by atoms with Crippen LogP contribution in [0.25, 0.3) is 0 Å². The standard InChI is InChI=1S/C13H18BrClN2O2/c1-9(4-5-18)7-16-13(19)17-8-10-2-3-11(14)6-12(10)15/h2-3,6,9,18H,4-5,7-8H2,1H3,(H2,16,17,19). The highest BCUT2D eigenvalue weighted by atomic mass is 79.9. The predicted molar refractivity (Wildman–Crippen MR) is 80.3 cm³/mol. The maximum Gasteiger partial charge on any atom is 0.315 e. The van der Waals surface area contributed by atoms with Gasteiger partial charge in [0.1, 0.15) is 0 Å². The molecule has 0 fully saturated rings. The highest BCUT2D eigenvalue weighted by Crippen LogP contribution is 2.21. The van der Waals surface area contributed by atoms with E-state index in [4.69, 9.17) is 16.7 Å². The molecule has 0 aliphatic carbocycles. The number of nitrogens with one attached hydrogen (secondary N) is 2. The van der Waals surface area contributed by atoms with Crippen LogP contribution < -0.4 is 10.6 Å². The zero-order valence-corrected chi connectivity index (χ0v) is 13.1. The van der Waals surface area contributed by atoms with Gasteiger partial charge in [-0.05, 0) is 30.0 Å². The Labute approximate surface area is 126 Å². The summed E-state index contributed by atoms with van der Waals surface area (Å²) in [5, 5.41) is 14.9. The lowest BCUT2D eigenvalue weighted by molar-refractivity contribution is 0.233. The number of aliphatic hydroxyl groups is 1. The van der Waals surface area contributed by atoms with Crippen molar-refractivity contribution in [3.05, 3.63) is 33.3 Å². The number of hydrogen-bond acceptors (Lipinski definition) is 2. The van der Waals surface area contributed by atoms with Crippen LogP contribution in [-0.4, -0.2) is 24.3 Å². The van der Waals surface area contributed by atoms with Crippen LogP contribution in [0.4, 0.5) is 4.79 Å². The first-order valence-corrected chi connectivity index (χ1v) is 7.26. The Hall–Kier alpha value is -0.780. The third-order valence-corrected chi connectivity index (χ3v) is 3.53. The summed E-state index contributed by atoms with van der Waals surface area (Å²) in [7, 11) is 0. The van der Waals surface area contributed by atoms with Gasteiger partial charge in [-0.1, -0.05) is 40.5 Å². The van der Waals surface area contributed by atoms with Crippen molar-refractivity contribution in [1.82, 2.24) is 10.6 Å². The van der Waals surface area contributed by atoms with Gasteiger partial charge in [-0.25, -0.2) is 4.79 Å². The van der Waals surface area contributed by atoms with Gasteiger partial charge in [0.25, 0.3) is 0 Å². The minimum atomic E-state index is -0.233. The lowest BCUT2D eigenvalue weighted by Gasteiger charge is -2.12. The predicted octanol–water partition coefficient (Wildman–Crippen LogP) is 2.92. The summed E-state index contributed by atoms with van der Waals surface area (Å²) < 4.78 is 0.906. The van der Waals surface area contributed by atoms with E-state index in [1.165, 1.54) is 0 Å². The smallest absolute Gasteiger partial charge is 0.315 e. The van der Waals surface area contributed by atoms with Gasteiger partial charge in [-0.2, -0.15) is 0 Å². The number of urea groups is 1. The van der Waals surface area contributed by atoms with Crippen LogP contribution in [0.15, 0.2) is 22.7 Å². The van der Waals surface area contributed by atoms with Gasteiger partial charge in [0, 0.05) is 29.2 Å². The molecule has 0 saturated heterocycles. The van der Waals surface area contributed by atoms with Gasteiger partial charge in [-0.3, -0.25) is 0 Å². The summed E-state index contributed by atoms with van der Waals surface area (Å²) in [6, 6.07) is 5.30. The molecule has 1 unspecified atom stereocenters. The molecule has 0 heterocycles. The fourth-order valence-electron chi connectivity index (χ4n) is 1.49. The Morgan fingerprint density at radius 3 is 2.84 bits per heavy atom. The second-order valence-corrected chi connectivity index (χ2v) is 5.74. The molecule has 1 aromatic carbocycles. The first-order valence-electron chi connectivity index (χ1n) is 6.09. The molecule has 2 amide bonds. The van der Waals surface area contributed by atoms with Crippen LogP contribution in [-0.2, 0) is 6.54 Å². The van der Waals surface area contributed by atoms with E-state index in [0.29, 0.717) is 24.5 Å². The molecule has 0 bridgehead atoms. The van der Waals surface area contributed by atoms with Crippen LogP contribution in [0.3, 0.4) is 0 Å². The molecule has 4 nitrogen and oxygen atoms in total. The molecule has 0 aliphatic rings. The number of rotatable bonds is 6. The van der Waals surface area contributed by atoms with Crippen molar-refractivity contribution in [1.29, 1.82) is 0 Å². The molecule has 106 valence electrons. The van der Waals surface area contributed by atoms with Gasteiger partial charge >= 0.3 is 6.03 Å². The number of hydrogen-bond donors (Lipinski definition) is 3. The van der Waals surface area contributed by atoms with Crippen molar-refractivity contribution in [3.8, 4) is 0 Å². The van der Waals surface area contributed by atoms with E-state index in [1.54, 1.807) is 6.07 Å². The SMILES string of the molecule is CC(CCO)CNC(=O)NCc1ccc(Br)cc1Cl.